The Bertz CT molecular complexity index is 680. The fraction of sp³-hybridized carbons (Fsp3) is 0.438. The van der Waals surface area contributed by atoms with Gasteiger partial charge in [0.25, 0.3) is 5.91 Å². The molecule has 0 aliphatic heterocycles. The van der Waals surface area contributed by atoms with Crippen LogP contribution >= 0.6 is 0 Å². The summed E-state index contributed by atoms with van der Waals surface area (Å²) in [6, 6.07) is 3.47. The minimum absolute atomic E-state index is 0.197. The highest BCUT2D eigenvalue weighted by molar-refractivity contribution is 5.93. The second-order valence-electron chi connectivity index (χ2n) is 5.72. The average Bonchev–Trinajstić information content (AvgIpc) is 3.06. The van der Waals surface area contributed by atoms with Crippen LogP contribution in [-0.2, 0) is 0 Å². The molecule has 0 saturated heterocycles. The summed E-state index contributed by atoms with van der Waals surface area (Å²) < 4.78 is 25.8. The van der Waals surface area contributed by atoms with Gasteiger partial charge in [-0.1, -0.05) is 19.3 Å². The van der Waals surface area contributed by atoms with Crippen molar-refractivity contribution < 1.29 is 13.6 Å². The third kappa shape index (κ3) is 3.72. The van der Waals surface area contributed by atoms with Crippen LogP contribution in [0.25, 0.3) is 11.1 Å². The maximum Gasteiger partial charge on any atom is 0.333 e. The van der Waals surface area contributed by atoms with Crippen molar-refractivity contribution in [2.45, 2.75) is 44.7 Å². The number of aromatic nitrogens is 3. The number of nitrogens with zero attached hydrogens (tertiary/aromatic N) is 3. The van der Waals surface area contributed by atoms with Crippen LogP contribution in [0.15, 0.2) is 30.7 Å². The molecular weight excluding hydrogens is 302 g/mol. The molecule has 0 bridgehead atoms. The van der Waals surface area contributed by atoms with Crippen molar-refractivity contribution in [3.63, 3.8) is 0 Å². The van der Waals surface area contributed by atoms with Crippen LogP contribution in [0.2, 0.25) is 0 Å². The van der Waals surface area contributed by atoms with E-state index in [0.717, 1.165) is 25.7 Å². The monoisotopic (exact) mass is 320 g/mol. The minimum atomic E-state index is -2.68. The molecule has 23 heavy (non-hydrogen) atoms. The Morgan fingerprint density at radius 2 is 2.04 bits per heavy atom. The number of halogens is 2. The van der Waals surface area contributed by atoms with E-state index in [9.17, 15) is 13.6 Å². The predicted octanol–water partition coefficient (Wildman–Crippen LogP) is 3.40. The summed E-state index contributed by atoms with van der Waals surface area (Å²) in [5, 5.41) is 6.60. The molecule has 1 N–H and O–H groups in total. The Balaban J connectivity index is 1.74. The van der Waals surface area contributed by atoms with E-state index in [1.54, 1.807) is 12.1 Å². The minimum Gasteiger partial charge on any atom is -0.348 e. The molecule has 7 heteroatoms. The largest absolute Gasteiger partial charge is 0.348 e. The number of amides is 1. The van der Waals surface area contributed by atoms with Gasteiger partial charge in [0, 0.05) is 24.0 Å². The van der Waals surface area contributed by atoms with E-state index in [4.69, 9.17) is 0 Å². The van der Waals surface area contributed by atoms with Crippen LogP contribution < -0.4 is 5.32 Å². The Hall–Kier alpha value is -2.31. The second kappa shape index (κ2) is 6.85. The number of hydrogen-bond donors (Lipinski definition) is 1. The average molecular weight is 320 g/mol. The molecule has 1 saturated carbocycles. The van der Waals surface area contributed by atoms with E-state index in [1.165, 1.54) is 25.0 Å². The highest BCUT2D eigenvalue weighted by Crippen LogP contribution is 2.22. The number of carbonyl (C=O) groups is 1. The molecule has 122 valence electrons. The lowest BCUT2D eigenvalue weighted by atomic mass is 9.95. The van der Waals surface area contributed by atoms with Crippen molar-refractivity contribution in [2.24, 2.45) is 0 Å². The van der Waals surface area contributed by atoms with E-state index in [1.807, 2.05) is 0 Å². The lowest BCUT2D eigenvalue weighted by Crippen LogP contribution is -2.36. The van der Waals surface area contributed by atoms with Crippen LogP contribution in [0.1, 0.15) is 49.1 Å². The molecule has 1 amide bonds. The van der Waals surface area contributed by atoms with Crippen molar-refractivity contribution in [3.8, 4) is 11.1 Å². The van der Waals surface area contributed by atoms with Crippen LogP contribution in [0, 0.1) is 0 Å². The lowest BCUT2D eigenvalue weighted by molar-refractivity contribution is 0.0566. The van der Waals surface area contributed by atoms with Gasteiger partial charge < -0.3 is 5.32 Å². The Morgan fingerprint density at radius 3 is 2.74 bits per heavy atom. The smallest absolute Gasteiger partial charge is 0.333 e. The first-order chi connectivity index (χ1) is 11.1. The fourth-order valence-electron chi connectivity index (χ4n) is 2.83. The summed E-state index contributed by atoms with van der Waals surface area (Å²) in [4.78, 5) is 16.4. The first kappa shape index (κ1) is 15.6. The standard InChI is InChI=1S/C16H18F2N4O/c17-16(18)22-10-12(9-20-22)11-6-7-19-14(8-11)15(23)21-13-4-2-1-3-5-13/h6-10,13,16H,1-5H2,(H,21,23). The first-order valence-corrected chi connectivity index (χ1v) is 7.73. The summed E-state index contributed by atoms with van der Waals surface area (Å²) in [6.07, 6.45) is 9.57. The third-order valence-corrected chi connectivity index (χ3v) is 4.07. The van der Waals surface area contributed by atoms with E-state index in [2.05, 4.69) is 15.4 Å². The molecule has 1 aliphatic rings. The van der Waals surface area contributed by atoms with Crippen LogP contribution in [0.4, 0.5) is 8.78 Å². The zero-order valence-corrected chi connectivity index (χ0v) is 12.6. The molecular formula is C16H18F2N4O. The highest BCUT2D eigenvalue weighted by atomic mass is 19.3. The van der Waals surface area contributed by atoms with Gasteiger partial charge in [-0.15, -0.1) is 0 Å². The van der Waals surface area contributed by atoms with Gasteiger partial charge in [-0.05, 0) is 30.5 Å². The van der Waals surface area contributed by atoms with Crippen LogP contribution in [0.5, 0.6) is 0 Å². The number of hydrogen-bond acceptors (Lipinski definition) is 3. The van der Waals surface area contributed by atoms with Crippen molar-refractivity contribution in [3.05, 3.63) is 36.4 Å². The maximum atomic E-state index is 12.6. The number of alkyl halides is 2. The van der Waals surface area contributed by atoms with Crippen LogP contribution in [-0.4, -0.2) is 26.7 Å². The third-order valence-electron chi connectivity index (χ3n) is 4.07. The molecule has 2 heterocycles. The van der Waals surface area contributed by atoms with Gasteiger partial charge >= 0.3 is 6.55 Å². The Labute approximate surface area is 132 Å². The van der Waals surface area contributed by atoms with Crippen molar-refractivity contribution in [2.75, 3.05) is 0 Å². The quantitative estimate of drug-likeness (QED) is 0.939. The SMILES string of the molecule is O=C(NC1CCCCC1)c1cc(-c2cnn(C(F)F)c2)ccn1. The van der Waals surface area contributed by atoms with E-state index >= 15 is 0 Å². The molecule has 5 nitrogen and oxygen atoms in total. The van der Waals surface area contributed by atoms with Gasteiger partial charge in [0.15, 0.2) is 0 Å². The van der Waals surface area contributed by atoms with E-state index in [-0.39, 0.29) is 17.6 Å². The Morgan fingerprint density at radius 1 is 1.26 bits per heavy atom. The van der Waals surface area contributed by atoms with Gasteiger partial charge in [0.2, 0.25) is 0 Å². The first-order valence-electron chi connectivity index (χ1n) is 7.73. The summed E-state index contributed by atoms with van der Waals surface area (Å²) in [5.41, 5.74) is 1.46. The molecule has 0 unspecified atom stereocenters. The van der Waals surface area contributed by atoms with E-state index in [0.29, 0.717) is 15.8 Å². The number of pyridine rings is 1. The number of rotatable bonds is 4. The zero-order valence-electron chi connectivity index (χ0n) is 12.6. The summed E-state index contributed by atoms with van der Waals surface area (Å²) in [7, 11) is 0. The van der Waals surface area contributed by atoms with Crippen molar-refractivity contribution in [1.29, 1.82) is 0 Å². The summed E-state index contributed by atoms with van der Waals surface area (Å²) in [5.74, 6) is -0.222. The molecule has 2 aromatic rings. The maximum absolute atomic E-state index is 12.6. The van der Waals surface area contributed by atoms with Crippen LogP contribution in [0.3, 0.4) is 0 Å². The zero-order chi connectivity index (χ0) is 16.2. The Kier molecular flexibility index (Phi) is 4.64. The molecule has 0 radical (unpaired) electrons. The van der Waals surface area contributed by atoms with Crippen molar-refractivity contribution in [1.82, 2.24) is 20.1 Å². The molecule has 0 atom stereocenters. The number of carbonyl (C=O) groups excluding carboxylic acids is 1. The molecule has 0 aromatic carbocycles. The van der Waals surface area contributed by atoms with E-state index < -0.39 is 6.55 Å². The molecule has 3 rings (SSSR count). The molecule has 0 spiro atoms. The van der Waals surface area contributed by atoms with Gasteiger partial charge in [-0.2, -0.15) is 13.9 Å². The van der Waals surface area contributed by atoms with Gasteiger partial charge in [0.1, 0.15) is 5.69 Å². The molecule has 1 aliphatic carbocycles. The second-order valence-corrected chi connectivity index (χ2v) is 5.72. The highest BCUT2D eigenvalue weighted by Gasteiger charge is 2.18. The van der Waals surface area contributed by atoms with Gasteiger partial charge in [0.05, 0.1) is 6.20 Å². The van der Waals surface area contributed by atoms with Gasteiger partial charge in [-0.25, -0.2) is 4.68 Å². The number of nitrogens with one attached hydrogen (secondary N) is 1. The summed E-state index contributed by atoms with van der Waals surface area (Å²) in [6.45, 7) is -2.68. The topological polar surface area (TPSA) is 59.8 Å². The molecule has 1 fully saturated rings. The van der Waals surface area contributed by atoms with Crippen molar-refractivity contribution >= 4 is 5.91 Å². The van der Waals surface area contributed by atoms with Gasteiger partial charge in [-0.3, -0.25) is 9.78 Å². The normalized spacial score (nSPS) is 15.8. The summed E-state index contributed by atoms with van der Waals surface area (Å²) >= 11 is 0. The predicted molar refractivity (Wildman–Crippen MR) is 81.1 cm³/mol. The molecule has 2 aromatic heterocycles. The fourth-order valence-corrected chi connectivity index (χ4v) is 2.83. The lowest BCUT2D eigenvalue weighted by Gasteiger charge is -2.22.